The fraction of sp³-hybridized carbons (Fsp3) is 0.320. The van der Waals surface area contributed by atoms with Gasteiger partial charge in [0.25, 0.3) is 5.91 Å². The van der Waals surface area contributed by atoms with Crippen molar-refractivity contribution in [3.05, 3.63) is 76.2 Å². The van der Waals surface area contributed by atoms with Gasteiger partial charge in [0.05, 0.1) is 10.6 Å². The van der Waals surface area contributed by atoms with Crippen LogP contribution in [0.3, 0.4) is 0 Å². The summed E-state index contributed by atoms with van der Waals surface area (Å²) in [6.07, 6.45) is -3.89. The first-order chi connectivity index (χ1) is 17.2. The van der Waals surface area contributed by atoms with Gasteiger partial charge in [-0.1, -0.05) is 19.1 Å². The predicted octanol–water partition coefficient (Wildman–Crippen LogP) is 5.14. The second-order valence-corrected chi connectivity index (χ2v) is 9.81. The van der Waals surface area contributed by atoms with E-state index < -0.39 is 17.8 Å². The Morgan fingerprint density at radius 1 is 1.03 bits per heavy atom. The van der Waals surface area contributed by atoms with E-state index >= 15 is 0 Å². The van der Waals surface area contributed by atoms with Gasteiger partial charge in [-0.05, 0) is 42.3 Å². The number of alkyl halides is 3. The van der Waals surface area contributed by atoms with E-state index in [4.69, 9.17) is 0 Å². The average molecular weight is 518 g/mol. The molecule has 1 aliphatic heterocycles. The molecule has 0 atom stereocenters. The number of fused-ring (bicyclic) bond motifs is 1. The Labute approximate surface area is 208 Å². The van der Waals surface area contributed by atoms with E-state index in [-0.39, 0.29) is 22.9 Å². The van der Waals surface area contributed by atoms with Crippen molar-refractivity contribution in [2.24, 2.45) is 0 Å². The standard InChI is InChI=1S/C25H23F4N5OS/c1-2-18-7-8-21(36-18)19-13-22(25(27,28)29)34-23(30-19)14-20(31-34)24(35)33-11-9-32(10-12-33)15-16-3-5-17(26)6-4-16/h3-8,13-14H,2,9-12,15H2,1H3. The molecule has 0 unspecified atom stereocenters. The van der Waals surface area contributed by atoms with Crippen LogP contribution in [0.1, 0.15) is 33.5 Å². The fourth-order valence-corrected chi connectivity index (χ4v) is 5.14. The van der Waals surface area contributed by atoms with E-state index in [2.05, 4.69) is 15.0 Å². The number of amides is 1. The molecule has 0 aliphatic carbocycles. The van der Waals surface area contributed by atoms with Crippen LogP contribution < -0.4 is 0 Å². The lowest BCUT2D eigenvalue weighted by molar-refractivity contribution is -0.142. The zero-order valence-corrected chi connectivity index (χ0v) is 20.2. The minimum Gasteiger partial charge on any atom is -0.335 e. The Kier molecular flexibility index (Phi) is 6.52. The highest BCUT2D eigenvalue weighted by Gasteiger charge is 2.36. The summed E-state index contributed by atoms with van der Waals surface area (Å²) >= 11 is 1.39. The molecule has 36 heavy (non-hydrogen) atoms. The summed E-state index contributed by atoms with van der Waals surface area (Å²) in [6, 6.07) is 12.2. The van der Waals surface area contributed by atoms with Crippen LogP contribution in [0.15, 0.2) is 48.5 Å². The molecular formula is C25H23F4N5OS. The number of hydrogen-bond acceptors (Lipinski definition) is 5. The molecule has 4 heterocycles. The Bertz CT molecular complexity index is 1390. The van der Waals surface area contributed by atoms with Gasteiger partial charge in [0, 0.05) is 43.7 Å². The molecule has 3 aromatic heterocycles. The molecule has 1 saturated heterocycles. The Balaban J connectivity index is 1.36. The topological polar surface area (TPSA) is 53.7 Å². The lowest BCUT2D eigenvalue weighted by atomic mass is 10.2. The Morgan fingerprint density at radius 2 is 1.75 bits per heavy atom. The molecule has 0 bridgehead atoms. The van der Waals surface area contributed by atoms with Crippen molar-refractivity contribution in [3.8, 4) is 10.6 Å². The number of aromatic nitrogens is 3. The first-order valence-electron chi connectivity index (χ1n) is 11.5. The molecule has 0 N–H and O–H groups in total. The van der Waals surface area contributed by atoms with Crippen molar-refractivity contribution >= 4 is 22.9 Å². The first-order valence-corrected chi connectivity index (χ1v) is 12.4. The third-order valence-electron chi connectivity index (χ3n) is 6.18. The average Bonchev–Trinajstić information content (AvgIpc) is 3.51. The molecule has 5 rings (SSSR count). The lowest BCUT2D eigenvalue weighted by Gasteiger charge is -2.34. The van der Waals surface area contributed by atoms with Gasteiger partial charge >= 0.3 is 6.18 Å². The highest BCUT2D eigenvalue weighted by molar-refractivity contribution is 7.15. The van der Waals surface area contributed by atoms with Crippen molar-refractivity contribution in [1.82, 2.24) is 24.4 Å². The van der Waals surface area contributed by atoms with E-state index in [1.54, 1.807) is 23.1 Å². The minimum absolute atomic E-state index is 0.0235. The van der Waals surface area contributed by atoms with Gasteiger partial charge in [0.15, 0.2) is 17.0 Å². The van der Waals surface area contributed by atoms with Crippen LogP contribution in [0.5, 0.6) is 0 Å². The fourth-order valence-electron chi connectivity index (χ4n) is 4.23. The van der Waals surface area contributed by atoms with Crippen molar-refractivity contribution in [3.63, 3.8) is 0 Å². The second-order valence-electron chi connectivity index (χ2n) is 8.64. The zero-order valence-electron chi connectivity index (χ0n) is 19.4. The summed E-state index contributed by atoms with van der Waals surface area (Å²) < 4.78 is 55.5. The predicted molar refractivity (Wildman–Crippen MR) is 128 cm³/mol. The second kappa shape index (κ2) is 9.62. The maximum atomic E-state index is 13.9. The third-order valence-corrected chi connectivity index (χ3v) is 7.43. The number of piperazine rings is 1. The van der Waals surface area contributed by atoms with Crippen molar-refractivity contribution < 1.29 is 22.4 Å². The molecule has 1 aliphatic rings. The summed E-state index contributed by atoms with van der Waals surface area (Å²) in [6.45, 7) is 4.60. The molecule has 188 valence electrons. The van der Waals surface area contributed by atoms with E-state index in [1.165, 1.54) is 29.5 Å². The van der Waals surface area contributed by atoms with E-state index in [0.717, 1.165) is 22.9 Å². The number of rotatable bonds is 5. The number of thiophene rings is 1. The van der Waals surface area contributed by atoms with E-state index in [0.29, 0.717) is 42.1 Å². The van der Waals surface area contributed by atoms with Gasteiger partial charge in [0.1, 0.15) is 5.82 Å². The maximum absolute atomic E-state index is 13.9. The summed E-state index contributed by atoms with van der Waals surface area (Å²) in [5.74, 6) is -0.723. The van der Waals surface area contributed by atoms with Crippen LogP contribution in [0, 0.1) is 5.82 Å². The largest absolute Gasteiger partial charge is 0.433 e. The quantitative estimate of drug-likeness (QED) is 0.344. The minimum atomic E-state index is -4.67. The number of aryl methyl sites for hydroxylation is 1. The van der Waals surface area contributed by atoms with Crippen LogP contribution in [-0.4, -0.2) is 56.5 Å². The van der Waals surface area contributed by atoms with Crippen LogP contribution in [0.2, 0.25) is 0 Å². The molecule has 0 spiro atoms. The monoisotopic (exact) mass is 517 g/mol. The molecule has 1 fully saturated rings. The van der Waals surface area contributed by atoms with Crippen LogP contribution in [0.25, 0.3) is 16.2 Å². The normalized spacial score (nSPS) is 15.1. The van der Waals surface area contributed by atoms with Gasteiger partial charge in [-0.25, -0.2) is 13.9 Å². The molecule has 11 heteroatoms. The Morgan fingerprint density at radius 3 is 2.39 bits per heavy atom. The smallest absolute Gasteiger partial charge is 0.335 e. The molecule has 0 radical (unpaired) electrons. The SMILES string of the molecule is CCc1ccc(-c2cc(C(F)(F)F)n3nc(C(=O)N4CCN(Cc5ccc(F)cc5)CC4)cc3n2)s1. The lowest BCUT2D eigenvalue weighted by Crippen LogP contribution is -2.48. The van der Waals surface area contributed by atoms with Crippen LogP contribution >= 0.6 is 11.3 Å². The number of carbonyl (C=O) groups is 1. The first kappa shape index (κ1) is 24.4. The molecule has 1 amide bonds. The number of halogens is 4. The van der Waals surface area contributed by atoms with Crippen molar-refractivity contribution in [2.75, 3.05) is 26.2 Å². The third kappa shape index (κ3) is 4.98. The van der Waals surface area contributed by atoms with Gasteiger partial charge in [-0.2, -0.15) is 18.3 Å². The summed E-state index contributed by atoms with van der Waals surface area (Å²) in [7, 11) is 0. The zero-order chi connectivity index (χ0) is 25.4. The summed E-state index contributed by atoms with van der Waals surface area (Å²) in [5, 5.41) is 4.00. The van der Waals surface area contributed by atoms with Gasteiger partial charge < -0.3 is 4.90 Å². The van der Waals surface area contributed by atoms with Gasteiger partial charge in [-0.15, -0.1) is 11.3 Å². The van der Waals surface area contributed by atoms with Crippen LogP contribution in [-0.2, 0) is 19.1 Å². The number of hydrogen-bond donors (Lipinski definition) is 0. The molecule has 0 saturated carbocycles. The number of nitrogens with zero attached hydrogens (tertiary/aromatic N) is 5. The molecule has 6 nitrogen and oxygen atoms in total. The summed E-state index contributed by atoms with van der Waals surface area (Å²) in [5.41, 5.74) is 0.0990. The molecule has 4 aromatic rings. The highest BCUT2D eigenvalue weighted by Crippen LogP contribution is 2.34. The van der Waals surface area contributed by atoms with Crippen molar-refractivity contribution in [2.45, 2.75) is 26.1 Å². The number of carbonyl (C=O) groups excluding carboxylic acids is 1. The molecule has 1 aromatic carbocycles. The van der Waals surface area contributed by atoms with E-state index in [9.17, 15) is 22.4 Å². The highest BCUT2D eigenvalue weighted by atomic mass is 32.1. The number of benzene rings is 1. The van der Waals surface area contributed by atoms with Gasteiger partial charge in [-0.3, -0.25) is 9.69 Å². The molecular weight excluding hydrogens is 494 g/mol. The van der Waals surface area contributed by atoms with Crippen LogP contribution in [0.4, 0.5) is 17.6 Å². The van der Waals surface area contributed by atoms with Crippen molar-refractivity contribution in [1.29, 1.82) is 0 Å². The maximum Gasteiger partial charge on any atom is 0.433 e. The van der Waals surface area contributed by atoms with E-state index in [1.807, 2.05) is 13.0 Å². The van der Waals surface area contributed by atoms with Gasteiger partial charge in [0.2, 0.25) is 0 Å². The Hall–Kier alpha value is -3.31. The summed E-state index contributed by atoms with van der Waals surface area (Å²) in [4.78, 5) is 22.9.